The highest BCUT2D eigenvalue weighted by molar-refractivity contribution is 7.80. The topological polar surface area (TPSA) is 67.9 Å². The van der Waals surface area contributed by atoms with Crippen molar-refractivity contribution in [2.75, 3.05) is 12.0 Å². The molecule has 2 amide bonds. The fraction of sp³-hybridized carbons (Fsp3) is 0.115. The molecule has 0 saturated carbocycles. The lowest BCUT2D eigenvalue weighted by Crippen LogP contribution is -2.54. The number of rotatable bonds is 6. The van der Waals surface area contributed by atoms with Crippen LogP contribution < -0.4 is 19.7 Å². The Balaban J connectivity index is 1.64. The van der Waals surface area contributed by atoms with E-state index >= 15 is 0 Å². The Labute approximate surface area is 207 Å². The number of aryl methyl sites for hydroxylation is 1. The third-order valence-electron chi connectivity index (χ3n) is 5.28. The van der Waals surface area contributed by atoms with E-state index in [1.54, 1.807) is 43.5 Å². The summed E-state index contributed by atoms with van der Waals surface area (Å²) in [5, 5.41) is 3.12. The number of anilines is 1. The van der Waals surface area contributed by atoms with E-state index in [0.717, 1.165) is 16.9 Å². The van der Waals surface area contributed by atoms with E-state index in [0.29, 0.717) is 22.0 Å². The van der Waals surface area contributed by atoms with Crippen molar-refractivity contribution in [2.45, 2.75) is 13.5 Å². The second kappa shape index (κ2) is 10.1. The normalized spacial score (nSPS) is 14.9. The number of ether oxygens (including phenoxy) is 2. The molecule has 8 heteroatoms. The van der Waals surface area contributed by atoms with Crippen molar-refractivity contribution in [1.82, 2.24) is 5.32 Å². The molecule has 1 aliphatic heterocycles. The van der Waals surface area contributed by atoms with Gasteiger partial charge in [-0.1, -0.05) is 35.9 Å². The number of para-hydroxylation sites is 1. The van der Waals surface area contributed by atoms with Crippen LogP contribution in [0.25, 0.3) is 6.08 Å². The lowest BCUT2D eigenvalue weighted by atomic mass is 10.0. The summed E-state index contributed by atoms with van der Waals surface area (Å²) >= 11 is 11.2. The summed E-state index contributed by atoms with van der Waals surface area (Å²) in [4.78, 5) is 27.1. The molecule has 0 unspecified atom stereocenters. The Morgan fingerprint density at radius 3 is 2.47 bits per heavy atom. The van der Waals surface area contributed by atoms with Gasteiger partial charge in [0.2, 0.25) is 0 Å². The molecule has 0 aromatic heterocycles. The highest BCUT2D eigenvalue weighted by Gasteiger charge is 2.34. The zero-order valence-electron chi connectivity index (χ0n) is 18.5. The first-order chi connectivity index (χ1) is 16.4. The molecule has 1 fully saturated rings. The molecule has 0 radical (unpaired) electrons. The smallest absolute Gasteiger partial charge is 0.270 e. The molecular weight excluding hydrogens is 472 g/mol. The third-order valence-corrected chi connectivity index (χ3v) is 5.82. The van der Waals surface area contributed by atoms with Crippen molar-refractivity contribution >= 4 is 52.5 Å². The van der Waals surface area contributed by atoms with Gasteiger partial charge in [-0.15, -0.1) is 0 Å². The molecule has 172 valence electrons. The number of hydrogen-bond acceptors (Lipinski definition) is 5. The van der Waals surface area contributed by atoms with Gasteiger partial charge >= 0.3 is 0 Å². The Bertz CT molecular complexity index is 1300. The summed E-state index contributed by atoms with van der Waals surface area (Å²) in [5.41, 5.74) is 2.90. The fourth-order valence-corrected chi connectivity index (χ4v) is 3.93. The average Bonchev–Trinajstić information content (AvgIpc) is 2.82. The number of thiocarbonyl (C=S) groups is 1. The summed E-state index contributed by atoms with van der Waals surface area (Å²) in [7, 11) is 1.58. The van der Waals surface area contributed by atoms with Gasteiger partial charge in [0.1, 0.15) is 23.7 Å². The van der Waals surface area contributed by atoms with Crippen molar-refractivity contribution in [3.63, 3.8) is 0 Å². The Morgan fingerprint density at radius 2 is 1.76 bits per heavy atom. The number of carbonyl (C=O) groups is 2. The molecule has 3 aromatic rings. The first-order valence-corrected chi connectivity index (χ1v) is 11.2. The molecule has 0 atom stereocenters. The monoisotopic (exact) mass is 492 g/mol. The van der Waals surface area contributed by atoms with Gasteiger partial charge in [0.15, 0.2) is 5.11 Å². The molecule has 34 heavy (non-hydrogen) atoms. The third kappa shape index (κ3) is 4.95. The van der Waals surface area contributed by atoms with E-state index in [1.807, 2.05) is 37.3 Å². The van der Waals surface area contributed by atoms with Crippen LogP contribution >= 0.6 is 23.8 Å². The number of hydrogen-bond donors (Lipinski definition) is 1. The molecule has 1 N–H and O–H groups in total. The van der Waals surface area contributed by atoms with E-state index in [9.17, 15) is 9.59 Å². The summed E-state index contributed by atoms with van der Waals surface area (Å²) < 4.78 is 11.4. The van der Waals surface area contributed by atoms with Gasteiger partial charge in [-0.05, 0) is 78.8 Å². The van der Waals surface area contributed by atoms with Crippen molar-refractivity contribution in [2.24, 2.45) is 0 Å². The van der Waals surface area contributed by atoms with Crippen LogP contribution in [0.15, 0.2) is 72.3 Å². The van der Waals surface area contributed by atoms with E-state index in [2.05, 4.69) is 5.32 Å². The quantitative estimate of drug-likeness (QED) is 0.296. The summed E-state index contributed by atoms with van der Waals surface area (Å²) in [6.07, 6.45) is 1.53. The molecule has 0 spiro atoms. The average molecular weight is 493 g/mol. The van der Waals surface area contributed by atoms with Crippen LogP contribution in [-0.2, 0) is 16.2 Å². The number of carbonyl (C=O) groups excluding carboxylic acids is 2. The molecule has 3 aromatic carbocycles. The van der Waals surface area contributed by atoms with Crippen molar-refractivity contribution in [1.29, 1.82) is 0 Å². The molecule has 1 saturated heterocycles. The Morgan fingerprint density at radius 1 is 1.03 bits per heavy atom. The van der Waals surface area contributed by atoms with Gasteiger partial charge in [0.05, 0.1) is 12.8 Å². The Kier molecular flexibility index (Phi) is 6.95. The minimum atomic E-state index is -0.561. The van der Waals surface area contributed by atoms with Crippen LogP contribution in [0.5, 0.6) is 11.5 Å². The number of benzene rings is 3. The van der Waals surface area contributed by atoms with Crippen LogP contribution in [0.4, 0.5) is 5.69 Å². The number of nitrogens with zero attached hydrogens (tertiary/aromatic N) is 1. The molecule has 4 rings (SSSR count). The van der Waals surface area contributed by atoms with Crippen LogP contribution in [0, 0.1) is 6.92 Å². The molecule has 1 aliphatic rings. The van der Waals surface area contributed by atoms with Crippen molar-refractivity contribution in [3.05, 3.63) is 94.0 Å². The van der Waals surface area contributed by atoms with Gasteiger partial charge in [0.25, 0.3) is 11.8 Å². The molecule has 6 nitrogen and oxygen atoms in total. The highest BCUT2D eigenvalue weighted by Crippen LogP contribution is 2.27. The van der Waals surface area contributed by atoms with E-state index in [-0.39, 0.29) is 17.3 Å². The maximum absolute atomic E-state index is 13.2. The van der Waals surface area contributed by atoms with Gasteiger partial charge in [-0.3, -0.25) is 19.8 Å². The number of halogens is 1. The Hall–Kier alpha value is -3.68. The van der Waals surface area contributed by atoms with E-state index in [1.165, 1.54) is 11.0 Å². The van der Waals surface area contributed by atoms with Crippen molar-refractivity contribution < 1.29 is 19.1 Å². The van der Waals surface area contributed by atoms with Crippen LogP contribution in [-0.4, -0.2) is 24.0 Å². The van der Waals surface area contributed by atoms with Crippen molar-refractivity contribution in [3.8, 4) is 11.5 Å². The largest absolute Gasteiger partial charge is 0.496 e. The lowest BCUT2D eigenvalue weighted by Gasteiger charge is -2.29. The predicted octanol–water partition coefficient (Wildman–Crippen LogP) is 5.07. The van der Waals surface area contributed by atoms with Crippen LogP contribution in [0.2, 0.25) is 5.02 Å². The second-order valence-electron chi connectivity index (χ2n) is 7.56. The molecule has 0 bridgehead atoms. The number of amides is 2. The second-order valence-corrected chi connectivity index (χ2v) is 8.38. The molecule has 1 heterocycles. The fourth-order valence-electron chi connectivity index (χ4n) is 3.52. The van der Waals surface area contributed by atoms with Gasteiger partial charge in [-0.25, -0.2) is 0 Å². The predicted molar refractivity (Wildman–Crippen MR) is 136 cm³/mol. The minimum absolute atomic E-state index is 0.0107. The first-order valence-electron chi connectivity index (χ1n) is 10.4. The SMILES string of the molecule is COc1ccc(C=C2C(=O)NC(=S)N(c3ccc(Cl)cc3)C2=O)cc1COc1ccccc1C. The van der Waals surface area contributed by atoms with Gasteiger partial charge in [0, 0.05) is 10.6 Å². The van der Waals surface area contributed by atoms with Gasteiger partial charge in [-0.2, -0.15) is 0 Å². The standard InChI is InChI=1S/C26H21ClN2O4S/c1-16-5-3-4-6-22(16)33-15-18-13-17(7-12-23(18)32-2)14-21-24(30)28-26(34)29(25(21)31)20-10-8-19(27)9-11-20/h3-14H,15H2,1-2H3,(H,28,30,34). The summed E-state index contributed by atoms with van der Waals surface area (Å²) in [5.74, 6) is 0.319. The maximum atomic E-state index is 13.2. The highest BCUT2D eigenvalue weighted by atomic mass is 35.5. The van der Waals surface area contributed by atoms with Crippen LogP contribution in [0.3, 0.4) is 0 Å². The zero-order chi connectivity index (χ0) is 24.2. The van der Waals surface area contributed by atoms with Crippen LogP contribution in [0.1, 0.15) is 16.7 Å². The maximum Gasteiger partial charge on any atom is 0.270 e. The number of nitrogens with one attached hydrogen (secondary N) is 1. The molecular formula is C26H21ClN2O4S. The van der Waals surface area contributed by atoms with Gasteiger partial charge < -0.3 is 9.47 Å². The number of methoxy groups -OCH3 is 1. The summed E-state index contributed by atoms with van der Waals surface area (Å²) in [6.45, 7) is 2.23. The van der Waals surface area contributed by atoms with E-state index in [4.69, 9.17) is 33.3 Å². The minimum Gasteiger partial charge on any atom is -0.496 e. The molecule has 0 aliphatic carbocycles. The summed E-state index contributed by atoms with van der Waals surface area (Å²) in [6, 6.07) is 19.7. The zero-order valence-corrected chi connectivity index (χ0v) is 20.1. The lowest BCUT2D eigenvalue weighted by molar-refractivity contribution is -0.122. The van der Waals surface area contributed by atoms with E-state index < -0.39 is 11.8 Å². The first kappa shape index (κ1) is 23.5.